The first-order chi connectivity index (χ1) is 9.20. The molecule has 0 atom stereocenters. The average Bonchev–Trinajstić information content (AvgIpc) is 2.40. The molecule has 2 aromatic rings. The standard InChI is InChI=1S/C16H12ClNO/c17-14-6-7-15(16(19)8-9-18)13(11-14)10-12-4-2-1-3-5-12/h1-7,11H,8,10H2. The number of carbonyl (C=O) groups excluding carboxylic acids is 1. The van der Waals surface area contributed by atoms with Crippen molar-refractivity contribution < 1.29 is 4.79 Å². The number of nitrogens with zero attached hydrogens (tertiary/aromatic N) is 1. The number of hydrogen-bond acceptors (Lipinski definition) is 2. The van der Waals surface area contributed by atoms with Crippen LogP contribution in [-0.2, 0) is 6.42 Å². The Bertz CT molecular complexity index is 629. The zero-order chi connectivity index (χ0) is 13.7. The number of carbonyl (C=O) groups is 1. The van der Waals surface area contributed by atoms with E-state index < -0.39 is 0 Å². The molecule has 0 aliphatic rings. The Morgan fingerprint density at radius 3 is 2.58 bits per heavy atom. The van der Waals surface area contributed by atoms with E-state index in [0.29, 0.717) is 17.0 Å². The summed E-state index contributed by atoms with van der Waals surface area (Å²) in [4.78, 5) is 11.9. The van der Waals surface area contributed by atoms with Crippen LogP contribution in [0.5, 0.6) is 0 Å². The monoisotopic (exact) mass is 269 g/mol. The van der Waals surface area contributed by atoms with Crippen LogP contribution in [0, 0.1) is 11.3 Å². The van der Waals surface area contributed by atoms with Crippen molar-refractivity contribution in [1.82, 2.24) is 0 Å². The molecule has 0 radical (unpaired) electrons. The predicted molar refractivity (Wildman–Crippen MR) is 75.3 cm³/mol. The van der Waals surface area contributed by atoms with Crippen LogP contribution >= 0.6 is 11.6 Å². The minimum Gasteiger partial charge on any atom is -0.293 e. The molecule has 0 bridgehead atoms. The van der Waals surface area contributed by atoms with Crippen LogP contribution in [0.1, 0.15) is 27.9 Å². The fourth-order valence-corrected chi connectivity index (χ4v) is 2.16. The van der Waals surface area contributed by atoms with E-state index >= 15 is 0 Å². The molecule has 0 amide bonds. The lowest BCUT2D eigenvalue weighted by molar-refractivity contribution is 0.0997. The number of halogens is 1. The van der Waals surface area contributed by atoms with Gasteiger partial charge in [0.05, 0.1) is 12.5 Å². The van der Waals surface area contributed by atoms with Gasteiger partial charge in [-0.05, 0) is 35.7 Å². The number of nitriles is 1. The first-order valence-electron chi connectivity index (χ1n) is 5.93. The first kappa shape index (κ1) is 13.3. The molecule has 0 heterocycles. The van der Waals surface area contributed by atoms with Crippen LogP contribution in [0.25, 0.3) is 0 Å². The van der Waals surface area contributed by atoms with E-state index in [-0.39, 0.29) is 12.2 Å². The van der Waals surface area contributed by atoms with Gasteiger partial charge in [0.1, 0.15) is 0 Å². The molecule has 2 rings (SSSR count). The normalized spacial score (nSPS) is 9.89. The minimum atomic E-state index is -0.162. The second kappa shape index (κ2) is 6.17. The van der Waals surface area contributed by atoms with Gasteiger partial charge in [-0.2, -0.15) is 5.26 Å². The summed E-state index contributed by atoms with van der Waals surface area (Å²) in [6.45, 7) is 0. The molecular weight excluding hydrogens is 258 g/mol. The van der Waals surface area contributed by atoms with E-state index in [1.807, 2.05) is 36.4 Å². The topological polar surface area (TPSA) is 40.9 Å². The highest BCUT2D eigenvalue weighted by molar-refractivity contribution is 6.30. The summed E-state index contributed by atoms with van der Waals surface area (Å²) in [7, 11) is 0. The lowest BCUT2D eigenvalue weighted by Crippen LogP contribution is -2.03. The summed E-state index contributed by atoms with van der Waals surface area (Å²) < 4.78 is 0. The summed E-state index contributed by atoms with van der Waals surface area (Å²) in [6, 6.07) is 16.9. The highest BCUT2D eigenvalue weighted by atomic mass is 35.5. The van der Waals surface area contributed by atoms with Crippen molar-refractivity contribution in [3.63, 3.8) is 0 Å². The van der Waals surface area contributed by atoms with Gasteiger partial charge in [0.2, 0.25) is 0 Å². The molecule has 94 valence electrons. The zero-order valence-electron chi connectivity index (χ0n) is 10.3. The van der Waals surface area contributed by atoms with Crippen LogP contribution in [-0.4, -0.2) is 5.78 Å². The van der Waals surface area contributed by atoms with E-state index in [0.717, 1.165) is 11.1 Å². The quantitative estimate of drug-likeness (QED) is 0.787. The molecule has 2 nitrogen and oxygen atoms in total. The van der Waals surface area contributed by atoms with Gasteiger partial charge in [-0.1, -0.05) is 41.9 Å². The SMILES string of the molecule is N#CCC(=O)c1ccc(Cl)cc1Cc1ccccc1. The third-order valence-corrected chi connectivity index (χ3v) is 3.08. The summed E-state index contributed by atoms with van der Waals surface area (Å²) in [5, 5.41) is 9.23. The first-order valence-corrected chi connectivity index (χ1v) is 6.31. The molecule has 0 unspecified atom stereocenters. The van der Waals surface area contributed by atoms with Gasteiger partial charge < -0.3 is 0 Å². The van der Waals surface area contributed by atoms with Crippen molar-refractivity contribution >= 4 is 17.4 Å². The number of ketones is 1. The molecule has 0 saturated heterocycles. The summed E-state index contributed by atoms with van der Waals surface area (Å²) in [5.41, 5.74) is 2.55. The van der Waals surface area contributed by atoms with Crippen LogP contribution in [0.4, 0.5) is 0 Å². The third-order valence-electron chi connectivity index (χ3n) is 2.84. The Morgan fingerprint density at radius 1 is 1.16 bits per heavy atom. The molecule has 0 aliphatic heterocycles. The lowest BCUT2D eigenvalue weighted by Gasteiger charge is -2.08. The molecular formula is C16H12ClNO. The van der Waals surface area contributed by atoms with Gasteiger partial charge in [-0.25, -0.2) is 0 Å². The van der Waals surface area contributed by atoms with E-state index in [4.69, 9.17) is 16.9 Å². The van der Waals surface area contributed by atoms with Crippen LogP contribution in [0.2, 0.25) is 5.02 Å². The Hall–Kier alpha value is -2.11. The van der Waals surface area contributed by atoms with Crippen molar-refractivity contribution in [2.75, 3.05) is 0 Å². The van der Waals surface area contributed by atoms with Gasteiger partial charge in [0.25, 0.3) is 0 Å². The van der Waals surface area contributed by atoms with Crippen molar-refractivity contribution in [2.24, 2.45) is 0 Å². The Balaban J connectivity index is 2.36. The molecule has 0 N–H and O–H groups in total. The molecule has 19 heavy (non-hydrogen) atoms. The summed E-state index contributed by atoms with van der Waals surface area (Å²) in [5.74, 6) is -0.162. The Kier molecular flexibility index (Phi) is 4.33. The summed E-state index contributed by atoms with van der Waals surface area (Å²) >= 11 is 5.99. The van der Waals surface area contributed by atoms with Crippen molar-refractivity contribution in [1.29, 1.82) is 5.26 Å². The molecule has 0 fully saturated rings. The minimum absolute atomic E-state index is 0.108. The third kappa shape index (κ3) is 3.43. The van der Waals surface area contributed by atoms with E-state index in [1.165, 1.54) is 0 Å². The zero-order valence-corrected chi connectivity index (χ0v) is 11.0. The molecule has 0 saturated carbocycles. The molecule has 0 spiro atoms. The fraction of sp³-hybridized carbons (Fsp3) is 0.125. The van der Waals surface area contributed by atoms with Gasteiger partial charge in [0.15, 0.2) is 5.78 Å². The van der Waals surface area contributed by atoms with Gasteiger partial charge in [-0.3, -0.25) is 4.79 Å². The predicted octanol–water partition coefficient (Wildman–Crippen LogP) is 4.03. The highest BCUT2D eigenvalue weighted by Gasteiger charge is 2.12. The Morgan fingerprint density at radius 2 is 1.89 bits per heavy atom. The fourth-order valence-electron chi connectivity index (χ4n) is 1.96. The molecule has 3 heteroatoms. The van der Waals surface area contributed by atoms with E-state index in [2.05, 4.69) is 0 Å². The van der Waals surface area contributed by atoms with Crippen LogP contribution < -0.4 is 0 Å². The second-order valence-corrected chi connectivity index (χ2v) is 4.66. The van der Waals surface area contributed by atoms with E-state index in [1.54, 1.807) is 18.2 Å². The Labute approximate surface area is 117 Å². The molecule has 0 aromatic heterocycles. The maximum absolute atomic E-state index is 11.9. The number of rotatable bonds is 4. The maximum atomic E-state index is 11.9. The number of Topliss-reactive ketones (excluding diaryl/α,β-unsaturated/α-hetero) is 1. The molecule has 0 aliphatic carbocycles. The van der Waals surface area contributed by atoms with Crippen molar-refractivity contribution in [3.05, 3.63) is 70.2 Å². The maximum Gasteiger partial charge on any atom is 0.177 e. The van der Waals surface area contributed by atoms with E-state index in [9.17, 15) is 4.79 Å². The van der Waals surface area contributed by atoms with Gasteiger partial charge in [-0.15, -0.1) is 0 Å². The van der Waals surface area contributed by atoms with Gasteiger partial charge >= 0.3 is 0 Å². The number of hydrogen-bond donors (Lipinski definition) is 0. The molecule has 2 aromatic carbocycles. The smallest absolute Gasteiger partial charge is 0.177 e. The van der Waals surface area contributed by atoms with Crippen LogP contribution in [0.3, 0.4) is 0 Å². The van der Waals surface area contributed by atoms with Gasteiger partial charge in [0, 0.05) is 10.6 Å². The largest absolute Gasteiger partial charge is 0.293 e. The lowest BCUT2D eigenvalue weighted by atomic mass is 9.96. The van der Waals surface area contributed by atoms with Crippen molar-refractivity contribution in [2.45, 2.75) is 12.8 Å². The second-order valence-electron chi connectivity index (χ2n) is 4.22. The highest BCUT2D eigenvalue weighted by Crippen LogP contribution is 2.20. The van der Waals surface area contributed by atoms with Crippen LogP contribution in [0.15, 0.2) is 48.5 Å². The summed E-state index contributed by atoms with van der Waals surface area (Å²) in [6.07, 6.45) is 0.525. The average molecular weight is 270 g/mol. The number of benzene rings is 2. The van der Waals surface area contributed by atoms with Crippen molar-refractivity contribution in [3.8, 4) is 6.07 Å².